The number of imidazole rings is 1. The molecule has 1 atom stereocenters. The number of benzene rings is 1. The van der Waals surface area contributed by atoms with E-state index in [1.165, 1.54) is 5.56 Å². The van der Waals surface area contributed by atoms with Crippen LogP contribution in [0.1, 0.15) is 23.7 Å². The SMILES string of the molecule is Cc1cn(N=Cc2ccc3c(c2)CC(C)O3)c(N)n1. The van der Waals surface area contributed by atoms with Gasteiger partial charge in [-0.3, -0.25) is 0 Å². The van der Waals surface area contributed by atoms with Gasteiger partial charge in [-0.25, -0.2) is 9.66 Å². The van der Waals surface area contributed by atoms with Crippen molar-refractivity contribution in [2.24, 2.45) is 5.10 Å². The van der Waals surface area contributed by atoms with Gasteiger partial charge < -0.3 is 10.5 Å². The number of hydrogen-bond donors (Lipinski definition) is 1. The van der Waals surface area contributed by atoms with Crippen molar-refractivity contribution in [1.29, 1.82) is 0 Å². The third-order valence-corrected chi connectivity index (χ3v) is 3.09. The summed E-state index contributed by atoms with van der Waals surface area (Å²) in [4.78, 5) is 4.10. The highest BCUT2D eigenvalue weighted by molar-refractivity contribution is 5.80. The Balaban J connectivity index is 1.84. The van der Waals surface area contributed by atoms with Gasteiger partial charge in [0.2, 0.25) is 5.95 Å². The van der Waals surface area contributed by atoms with Crippen molar-refractivity contribution in [1.82, 2.24) is 9.66 Å². The second-order valence-electron chi connectivity index (χ2n) is 4.83. The Labute approximate surface area is 111 Å². The molecule has 0 bridgehead atoms. The van der Waals surface area contributed by atoms with Gasteiger partial charge in [-0.15, -0.1) is 0 Å². The predicted octanol–water partition coefficient (Wildman–Crippen LogP) is 1.98. The summed E-state index contributed by atoms with van der Waals surface area (Å²) >= 11 is 0. The van der Waals surface area contributed by atoms with Crippen molar-refractivity contribution in [3.63, 3.8) is 0 Å². The topological polar surface area (TPSA) is 65.4 Å². The first-order valence-corrected chi connectivity index (χ1v) is 6.27. The van der Waals surface area contributed by atoms with Crippen LogP contribution in [0.2, 0.25) is 0 Å². The summed E-state index contributed by atoms with van der Waals surface area (Å²) in [5, 5.41) is 4.30. The van der Waals surface area contributed by atoms with E-state index >= 15 is 0 Å². The van der Waals surface area contributed by atoms with Crippen molar-refractivity contribution < 1.29 is 4.74 Å². The van der Waals surface area contributed by atoms with Gasteiger partial charge in [0.05, 0.1) is 18.1 Å². The Morgan fingerprint density at radius 1 is 1.53 bits per heavy atom. The number of nitrogens with zero attached hydrogens (tertiary/aromatic N) is 3. The second-order valence-corrected chi connectivity index (χ2v) is 4.83. The molecule has 5 heteroatoms. The molecule has 1 aromatic carbocycles. The molecule has 2 aromatic rings. The van der Waals surface area contributed by atoms with Gasteiger partial charge in [0.15, 0.2) is 0 Å². The zero-order valence-corrected chi connectivity index (χ0v) is 11.0. The zero-order valence-electron chi connectivity index (χ0n) is 11.0. The molecule has 2 N–H and O–H groups in total. The minimum Gasteiger partial charge on any atom is -0.490 e. The minimum atomic E-state index is 0.258. The highest BCUT2D eigenvalue weighted by atomic mass is 16.5. The Morgan fingerprint density at radius 2 is 2.37 bits per heavy atom. The van der Waals surface area contributed by atoms with Crippen LogP contribution >= 0.6 is 0 Å². The molecule has 0 saturated heterocycles. The number of ether oxygens (including phenoxy) is 1. The average Bonchev–Trinajstić information content (AvgIpc) is 2.87. The fourth-order valence-corrected chi connectivity index (χ4v) is 2.25. The van der Waals surface area contributed by atoms with E-state index in [0.29, 0.717) is 5.95 Å². The van der Waals surface area contributed by atoms with Crippen LogP contribution < -0.4 is 10.5 Å². The molecule has 3 rings (SSSR count). The van der Waals surface area contributed by atoms with Gasteiger partial charge in [-0.1, -0.05) is 0 Å². The molecule has 1 aromatic heterocycles. The van der Waals surface area contributed by atoms with E-state index in [1.807, 2.05) is 19.1 Å². The maximum absolute atomic E-state index is 5.73. The molecule has 5 nitrogen and oxygen atoms in total. The predicted molar refractivity (Wildman–Crippen MR) is 74.6 cm³/mol. The van der Waals surface area contributed by atoms with Crippen LogP contribution in [0.15, 0.2) is 29.5 Å². The monoisotopic (exact) mass is 256 g/mol. The van der Waals surface area contributed by atoms with Crippen LogP contribution in [0.4, 0.5) is 5.95 Å². The minimum absolute atomic E-state index is 0.258. The summed E-state index contributed by atoms with van der Waals surface area (Å²) in [6.07, 6.45) is 4.78. The first kappa shape index (κ1) is 11.8. The summed E-state index contributed by atoms with van der Waals surface area (Å²) in [6.45, 7) is 3.96. The molecule has 0 amide bonds. The summed E-state index contributed by atoms with van der Waals surface area (Å²) < 4.78 is 7.24. The van der Waals surface area contributed by atoms with Crippen LogP contribution in [0.3, 0.4) is 0 Å². The Kier molecular flexibility index (Phi) is 2.74. The van der Waals surface area contributed by atoms with E-state index in [2.05, 4.69) is 23.1 Å². The smallest absolute Gasteiger partial charge is 0.221 e. The summed E-state index contributed by atoms with van der Waals surface area (Å²) in [6, 6.07) is 6.07. The number of nitrogens with two attached hydrogens (primary N) is 1. The van der Waals surface area contributed by atoms with E-state index < -0.39 is 0 Å². The molecule has 98 valence electrons. The first-order chi connectivity index (χ1) is 9.11. The van der Waals surface area contributed by atoms with Gasteiger partial charge in [0, 0.05) is 6.42 Å². The normalized spacial score (nSPS) is 17.7. The lowest BCUT2D eigenvalue weighted by Gasteiger charge is -2.01. The molecule has 0 saturated carbocycles. The van der Waals surface area contributed by atoms with E-state index in [9.17, 15) is 0 Å². The van der Waals surface area contributed by atoms with Gasteiger partial charge in [0.1, 0.15) is 11.9 Å². The molecule has 0 aliphatic carbocycles. The maximum atomic E-state index is 5.73. The van der Waals surface area contributed by atoms with Crippen LogP contribution in [0.25, 0.3) is 0 Å². The molecule has 0 fully saturated rings. The van der Waals surface area contributed by atoms with E-state index in [4.69, 9.17) is 10.5 Å². The zero-order chi connectivity index (χ0) is 13.4. The fourth-order valence-electron chi connectivity index (χ4n) is 2.25. The molecule has 19 heavy (non-hydrogen) atoms. The van der Waals surface area contributed by atoms with Crippen molar-refractivity contribution >= 4 is 12.2 Å². The third-order valence-electron chi connectivity index (χ3n) is 3.09. The molecule has 0 radical (unpaired) electrons. The maximum Gasteiger partial charge on any atom is 0.221 e. The summed E-state index contributed by atoms with van der Waals surface area (Å²) in [5.41, 5.74) is 8.84. The number of fused-ring (bicyclic) bond motifs is 1. The van der Waals surface area contributed by atoms with Crippen molar-refractivity contribution in [3.05, 3.63) is 41.2 Å². The quantitative estimate of drug-likeness (QED) is 0.835. The summed E-state index contributed by atoms with van der Waals surface area (Å²) in [7, 11) is 0. The molecule has 2 heterocycles. The van der Waals surface area contributed by atoms with Crippen LogP contribution in [0.5, 0.6) is 5.75 Å². The Morgan fingerprint density at radius 3 is 3.11 bits per heavy atom. The van der Waals surface area contributed by atoms with E-state index in [0.717, 1.165) is 23.4 Å². The highest BCUT2D eigenvalue weighted by Crippen LogP contribution is 2.28. The molecule has 1 aliphatic rings. The Hall–Kier alpha value is -2.30. The number of aromatic nitrogens is 2. The molecule has 1 unspecified atom stereocenters. The van der Waals surface area contributed by atoms with Gasteiger partial charge in [0.25, 0.3) is 0 Å². The van der Waals surface area contributed by atoms with Crippen molar-refractivity contribution in [2.75, 3.05) is 5.73 Å². The van der Waals surface area contributed by atoms with E-state index in [-0.39, 0.29) is 6.10 Å². The molecular formula is C14H16N4O. The lowest BCUT2D eigenvalue weighted by Crippen LogP contribution is -2.05. The fraction of sp³-hybridized carbons (Fsp3) is 0.286. The largest absolute Gasteiger partial charge is 0.490 e. The average molecular weight is 256 g/mol. The van der Waals surface area contributed by atoms with Crippen molar-refractivity contribution in [3.8, 4) is 5.75 Å². The Bertz CT molecular complexity index is 645. The third kappa shape index (κ3) is 2.31. The number of hydrogen-bond acceptors (Lipinski definition) is 4. The molecule has 1 aliphatic heterocycles. The van der Waals surface area contributed by atoms with Gasteiger partial charge in [-0.2, -0.15) is 5.10 Å². The lowest BCUT2D eigenvalue weighted by atomic mass is 10.1. The molecule has 0 spiro atoms. The molecular weight excluding hydrogens is 240 g/mol. The number of anilines is 1. The number of aryl methyl sites for hydroxylation is 1. The van der Waals surface area contributed by atoms with Gasteiger partial charge in [-0.05, 0) is 43.2 Å². The second kappa shape index (κ2) is 4.42. The number of rotatable bonds is 2. The van der Waals surface area contributed by atoms with Crippen LogP contribution in [-0.2, 0) is 6.42 Å². The van der Waals surface area contributed by atoms with Crippen LogP contribution in [-0.4, -0.2) is 22.0 Å². The standard InChI is InChI=1S/C14H16N4O/c1-9-8-18(14(15)17-9)16-7-11-3-4-13-12(6-11)5-10(2)19-13/h3-4,6-8,10H,5H2,1-2H3,(H2,15,17). The van der Waals surface area contributed by atoms with Crippen LogP contribution in [0, 0.1) is 6.92 Å². The number of nitrogen functional groups attached to an aromatic ring is 1. The first-order valence-electron chi connectivity index (χ1n) is 6.27. The van der Waals surface area contributed by atoms with Crippen molar-refractivity contribution in [2.45, 2.75) is 26.4 Å². The lowest BCUT2D eigenvalue weighted by molar-refractivity contribution is 0.254. The highest BCUT2D eigenvalue weighted by Gasteiger charge is 2.18. The van der Waals surface area contributed by atoms with Gasteiger partial charge >= 0.3 is 0 Å². The van der Waals surface area contributed by atoms with E-state index in [1.54, 1.807) is 17.1 Å². The summed E-state index contributed by atoms with van der Waals surface area (Å²) in [5.74, 6) is 1.37.